The van der Waals surface area contributed by atoms with E-state index in [9.17, 15) is 22.8 Å². The summed E-state index contributed by atoms with van der Waals surface area (Å²) in [5.41, 5.74) is 2.67. The van der Waals surface area contributed by atoms with Crippen LogP contribution in [0.3, 0.4) is 0 Å². The molecule has 0 spiro atoms. The van der Waals surface area contributed by atoms with E-state index in [0.717, 1.165) is 42.2 Å². The monoisotopic (exact) mass is 797 g/mol. The van der Waals surface area contributed by atoms with Gasteiger partial charge in [0.15, 0.2) is 5.69 Å². The number of hydrogen-bond acceptors (Lipinski definition) is 6. The molecule has 0 aliphatic carbocycles. The molecule has 3 amide bonds. The lowest BCUT2D eigenvalue weighted by molar-refractivity contribution is 0.0685. The molecule has 1 aromatic heterocycles. The number of amides is 3. The molecule has 0 bridgehead atoms. The normalized spacial score (nSPS) is 13.4. The first-order valence-electron chi connectivity index (χ1n) is 19.4. The molecule has 1 N–H and O–H groups in total. The van der Waals surface area contributed by atoms with Crippen LogP contribution in [0.4, 0.5) is 0 Å². The van der Waals surface area contributed by atoms with Crippen molar-refractivity contribution in [3.8, 4) is 5.69 Å². The Bertz CT molecular complexity index is 2350. The van der Waals surface area contributed by atoms with Gasteiger partial charge in [-0.25, -0.2) is 17.8 Å². The van der Waals surface area contributed by atoms with E-state index in [4.69, 9.17) is 16.7 Å². The minimum atomic E-state index is -4.28. The van der Waals surface area contributed by atoms with E-state index in [1.807, 2.05) is 50.2 Å². The highest BCUT2D eigenvalue weighted by Crippen LogP contribution is 2.35. The second-order valence-electron chi connectivity index (χ2n) is 14.5. The fourth-order valence-electron chi connectivity index (χ4n) is 7.08. The Kier molecular flexibility index (Phi) is 13.4. The van der Waals surface area contributed by atoms with Crippen molar-refractivity contribution in [3.05, 3.63) is 124 Å². The van der Waals surface area contributed by atoms with Crippen LogP contribution in [-0.4, -0.2) is 65.4 Å². The lowest BCUT2D eigenvalue weighted by atomic mass is 9.78. The van der Waals surface area contributed by atoms with E-state index < -0.39 is 15.9 Å². The summed E-state index contributed by atoms with van der Waals surface area (Å²) in [5, 5.41) is 6.44. The van der Waals surface area contributed by atoms with Gasteiger partial charge in [0.25, 0.3) is 27.7 Å². The molecule has 12 heteroatoms. The van der Waals surface area contributed by atoms with Crippen molar-refractivity contribution in [2.24, 2.45) is 0 Å². The predicted octanol–water partition coefficient (Wildman–Crippen LogP) is 9.11. The van der Waals surface area contributed by atoms with Crippen LogP contribution in [0, 0.1) is 6.92 Å². The van der Waals surface area contributed by atoms with Gasteiger partial charge in [-0.2, -0.15) is 5.10 Å². The maximum absolute atomic E-state index is 14.7. The lowest BCUT2D eigenvalue weighted by Crippen LogP contribution is -2.45. The second kappa shape index (κ2) is 17.9. The van der Waals surface area contributed by atoms with Gasteiger partial charge in [0.05, 0.1) is 26.9 Å². The molecule has 6 rings (SSSR count). The Morgan fingerprint density at radius 2 is 1.52 bits per heavy atom. The standard InChI is InChI=1S/C42H46ClN5O5S.C2H6/c1-6-8-22-46(23-9-7-2)41(51)38-37(43)28(3)48(44-38)36-21-19-31(39(49)45-54(52,53)33-20-18-29-14-10-11-15-30(29)24-33)25-34(36)40(50)47-26-32-16-12-13-17-35(32)42(4,5)27-47;1-2/h10-21,24-25H,6-9,22-23,26-27H2,1-5H3,(H,45,49);1-2H3. The van der Waals surface area contributed by atoms with Crippen LogP contribution >= 0.6 is 11.6 Å². The van der Waals surface area contributed by atoms with Crippen molar-refractivity contribution >= 4 is 50.1 Å². The highest BCUT2D eigenvalue weighted by atomic mass is 35.5. The molecule has 296 valence electrons. The second-order valence-corrected chi connectivity index (χ2v) is 16.6. The number of benzene rings is 4. The number of hydrogen-bond donors (Lipinski definition) is 1. The van der Waals surface area contributed by atoms with E-state index >= 15 is 0 Å². The molecule has 1 aliphatic heterocycles. The Hall–Kier alpha value is -5.00. The smallest absolute Gasteiger partial charge is 0.275 e. The first-order valence-corrected chi connectivity index (χ1v) is 21.2. The number of aromatic nitrogens is 2. The van der Waals surface area contributed by atoms with Gasteiger partial charge in [-0.1, -0.05) is 121 Å². The molecule has 4 aromatic carbocycles. The third-order valence-corrected chi connectivity index (χ3v) is 11.8. The largest absolute Gasteiger partial charge is 0.337 e. The summed E-state index contributed by atoms with van der Waals surface area (Å²) in [6.07, 6.45) is 3.51. The van der Waals surface area contributed by atoms with Gasteiger partial charge in [-0.3, -0.25) is 14.4 Å². The fourth-order valence-corrected chi connectivity index (χ4v) is 8.29. The summed E-state index contributed by atoms with van der Waals surface area (Å²) in [4.78, 5) is 45.7. The van der Waals surface area contributed by atoms with Crippen molar-refractivity contribution in [3.63, 3.8) is 0 Å². The van der Waals surface area contributed by atoms with Crippen LogP contribution in [0.25, 0.3) is 16.5 Å². The van der Waals surface area contributed by atoms with E-state index in [-0.39, 0.29) is 44.0 Å². The number of fused-ring (bicyclic) bond motifs is 2. The van der Waals surface area contributed by atoms with Crippen LogP contribution in [0.15, 0.2) is 89.8 Å². The van der Waals surface area contributed by atoms with Crippen molar-refractivity contribution < 1.29 is 22.8 Å². The number of nitrogens with one attached hydrogen (secondary N) is 1. The van der Waals surface area contributed by atoms with Crippen LogP contribution in [0.5, 0.6) is 0 Å². The molecule has 5 aromatic rings. The van der Waals surface area contributed by atoms with Gasteiger partial charge >= 0.3 is 0 Å². The summed E-state index contributed by atoms with van der Waals surface area (Å²) in [7, 11) is -4.28. The highest BCUT2D eigenvalue weighted by Gasteiger charge is 2.36. The maximum Gasteiger partial charge on any atom is 0.275 e. The number of sulfonamides is 1. The van der Waals surface area contributed by atoms with Gasteiger partial charge in [-0.15, -0.1) is 0 Å². The summed E-state index contributed by atoms with van der Waals surface area (Å²) in [6.45, 7) is 15.9. The molecule has 10 nitrogen and oxygen atoms in total. The lowest BCUT2D eigenvalue weighted by Gasteiger charge is -2.40. The first kappa shape index (κ1) is 42.1. The van der Waals surface area contributed by atoms with Crippen LogP contribution in [0.1, 0.15) is 115 Å². The maximum atomic E-state index is 14.7. The van der Waals surface area contributed by atoms with Crippen molar-refractivity contribution in [1.82, 2.24) is 24.3 Å². The third-order valence-electron chi connectivity index (χ3n) is 10.1. The average Bonchev–Trinajstić information content (AvgIpc) is 3.50. The molecular weight excluding hydrogens is 746 g/mol. The Morgan fingerprint density at radius 3 is 2.20 bits per heavy atom. The zero-order valence-corrected chi connectivity index (χ0v) is 34.9. The van der Waals surface area contributed by atoms with Gasteiger partial charge < -0.3 is 9.80 Å². The summed E-state index contributed by atoms with van der Waals surface area (Å²) < 4.78 is 30.6. The van der Waals surface area contributed by atoms with Gasteiger partial charge in [0, 0.05) is 37.2 Å². The molecule has 56 heavy (non-hydrogen) atoms. The molecule has 0 radical (unpaired) electrons. The number of unbranched alkanes of at least 4 members (excludes halogenated alkanes) is 2. The molecular formula is C44H52ClN5O5S. The van der Waals surface area contributed by atoms with Crippen molar-refractivity contribution in [2.45, 2.75) is 91.0 Å². The number of carbonyl (C=O) groups excluding carboxylic acids is 3. The summed E-state index contributed by atoms with van der Waals surface area (Å²) >= 11 is 6.84. The fraction of sp³-hybridized carbons (Fsp3) is 0.364. The SMILES string of the molecule is CC.CCCCN(CCCC)C(=O)c1nn(-c2ccc(C(=O)NS(=O)(=O)c3ccc4ccccc4c3)cc2C(=O)N2Cc3ccccc3C(C)(C)C2)c(C)c1Cl. The summed E-state index contributed by atoms with van der Waals surface area (Å²) in [6, 6.07) is 24.3. The molecule has 0 saturated heterocycles. The molecule has 2 heterocycles. The topological polar surface area (TPSA) is 122 Å². The van der Waals surface area contributed by atoms with Gasteiger partial charge in [0.1, 0.15) is 0 Å². The zero-order chi connectivity index (χ0) is 40.8. The zero-order valence-electron chi connectivity index (χ0n) is 33.4. The number of nitrogens with zero attached hydrogens (tertiary/aromatic N) is 4. The Morgan fingerprint density at radius 1 is 0.875 bits per heavy atom. The van der Waals surface area contributed by atoms with Crippen LogP contribution in [-0.2, 0) is 22.0 Å². The van der Waals surface area contributed by atoms with Crippen LogP contribution in [0.2, 0.25) is 5.02 Å². The highest BCUT2D eigenvalue weighted by molar-refractivity contribution is 7.90. The molecule has 0 unspecified atom stereocenters. The molecule has 0 fully saturated rings. The Balaban J connectivity index is 0.00000295. The van der Waals surface area contributed by atoms with E-state index in [0.29, 0.717) is 42.9 Å². The number of rotatable bonds is 12. The first-order chi connectivity index (χ1) is 26.8. The Labute approximate surface area is 335 Å². The predicted molar refractivity (Wildman–Crippen MR) is 223 cm³/mol. The number of halogens is 1. The summed E-state index contributed by atoms with van der Waals surface area (Å²) in [5.74, 6) is -1.58. The average molecular weight is 798 g/mol. The van der Waals surface area contributed by atoms with Gasteiger partial charge in [0.2, 0.25) is 0 Å². The quantitative estimate of drug-likeness (QED) is 0.134. The van der Waals surface area contributed by atoms with E-state index in [2.05, 4.69) is 38.5 Å². The van der Waals surface area contributed by atoms with E-state index in [1.165, 1.54) is 28.9 Å². The van der Waals surface area contributed by atoms with Crippen molar-refractivity contribution in [2.75, 3.05) is 19.6 Å². The third kappa shape index (κ3) is 8.84. The molecule has 0 saturated carbocycles. The van der Waals surface area contributed by atoms with E-state index in [1.54, 1.807) is 34.9 Å². The minimum absolute atomic E-state index is 0.0411. The van der Waals surface area contributed by atoms with Crippen molar-refractivity contribution in [1.29, 1.82) is 0 Å². The minimum Gasteiger partial charge on any atom is -0.337 e. The number of carbonyl (C=O) groups is 3. The molecule has 0 atom stereocenters. The van der Waals surface area contributed by atoms with Gasteiger partial charge in [-0.05, 0) is 72.0 Å². The molecule has 1 aliphatic rings. The van der Waals surface area contributed by atoms with Crippen LogP contribution < -0.4 is 4.72 Å².